The zero-order chi connectivity index (χ0) is 15.5. The number of hydrogen-bond acceptors (Lipinski definition) is 5. The summed E-state index contributed by atoms with van der Waals surface area (Å²) >= 11 is 0. The van der Waals surface area contributed by atoms with Gasteiger partial charge in [-0.15, -0.1) is 0 Å². The molecule has 0 amide bonds. The molecule has 0 radical (unpaired) electrons. The molecular formula is C13H15N3O4S. The number of pyridine rings is 1. The Bertz CT molecular complexity index is 774. The molecule has 0 saturated heterocycles. The second kappa shape index (κ2) is 6.06. The first-order valence-electron chi connectivity index (χ1n) is 6.18. The number of carboxylic acid groups (broad SMARTS) is 1. The second-order valence-corrected chi connectivity index (χ2v) is 6.30. The van der Waals surface area contributed by atoms with Crippen LogP contribution in [0.2, 0.25) is 0 Å². The molecule has 0 spiro atoms. The highest BCUT2D eigenvalue weighted by Crippen LogP contribution is 2.24. The molecule has 1 heterocycles. The van der Waals surface area contributed by atoms with E-state index in [9.17, 15) is 13.2 Å². The molecule has 1 aromatic carbocycles. The summed E-state index contributed by atoms with van der Waals surface area (Å²) in [5.41, 5.74) is 0.130. The average Bonchev–Trinajstić information content (AvgIpc) is 2.42. The van der Waals surface area contributed by atoms with Crippen LogP contribution >= 0.6 is 0 Å². The Balaban J connectivity index is 2.22. The van der Waals surface area contributed by atoms with Crippen molar-refractivity contribution in [2.45, 2.75) is 0 Å². The van der Waals surface area contributed by atoms with Gasteiger partial charge in [0.05, 0.1) is 11.8 Å². The highest BCUT2D eigenvalue weighted by atomic mass is 32.2. The smallest absolute Gasteiger partial charge is 0.337 e. The number of benzene rings is 1. The molecule has 8 heteroatoms. The van der Waals surface area contributed by atoms with Crippen LogP contribution in [0, 0.1) is 0 Å². The van der Waals surface area contributed by atoms with E-state index < -0.39 is 16.0 Å². The maximum atomic E-state index is 11.2. The number of aromatic carboxylic acids is 1. The quantitative estimate of drug-likeness (QED) is 0.684. The van der Waals surface area contributed by atoms with E-state index in [0.717, 1.165) is 6.26 Å². The molecule has 2 rings (SSSR count). The minimum atomic E-state index is -3.23. The molecule has 112 valence electrons. The lowest BCUT2D eigenvalue weighted by Gasteiger charge is -2.10. The Morgan fingerprint density at radius 1 is 1.24 bits per heavy atom. The largest absolute Gasteiger partial charge is 0.478 e. The van der Waals surface area contributed by atoms with Crippen molar-refractivity contribution in [3.63, 3.8) is 0 Å². The molecule has 1 aromatic heterocycles. The van der Waals surface area contributed by atoms with E-state index in [2.05, 4.69) is 15.0 Å². The van der Waals surface area contributed by atoms with Crippen molar-refractivity contribution in [1.82, 2.24) is 9.71 Å². The number of sulfonamides is 1. The number of aromatic nitrogens is 1. The van der Waals surface area contributed by atoms with Crippen LogP contribution in [0.15, 0.2) is 30.5 Å². The van der Waals surface area contributed by atoms with Gasteiger partial charge in [-0.25, -0.2) is 22.9 Å². The van der Waals surface area contributed by atoms with Crippen LogP contribution in [0.5, 0.6) is 0 Å². The van der Waals surface area contributed by atoms with E-state index in [1.807, 2.05) is 0 Å². The Morgan fingerprint density at radius 3 is 2.52 bits per heavy atom. The molecule has 2 aromatic rings. The van der Waals surface area contributed by atoms with E-state index in [-0.39, 0.29) is 12.1 Å². The predicted molar refractivity (Wildman–Crippen MR) is 80.0 cm³/mol. The number of anilines is 1. The Morgan fingerprint density at radius 2 is 1.90 bits per heavy atom. The van der Waals surface area contributed by atoms with Crippen molar-refractivity contribution in [3.8, 4) is 0 Å². The number of hydrogen-bond donors (Lipinski definition) is 3. The van der Waals surface area contributed by atoms with Crippen molar-refractivity contribution in [3.05, 3.63) is 36.0 Å². The second-order valence-electron chi connectivity index (χ2n) is 4.46. The van der Waals surface area contributed by atoms with Crippen LogP contribution in [0.4, 0.5) is 5.82 Å². The Hall–Kier alpha value is -2.19. The van der Waals surface area contributed by atoms with Gasteiger partial charge in [-0.3, -0.25) is 0 Å². The van der Waals surface area contributed by atoms with Crippen LogP contribution in [0.25, 0.3) is 10.8 Å². The number of carboxylic acids is 1. The third-order valence-electron chi connectivity index (χ3n) is 2.81. The summed E-state index contributed by atoms with van der Waals surface area (Å²) in [4.78, 5) is 15.3. The van der Waals surface area contributed by atoms with Gasteiger partial charge in [0.1, 0.15) is 5.82 Å². The molecule has 21 heavy (non-hydrogen) atoms. The molecular weight excluding hydrogens is 294 g/mol. The molecule has 7 nitrogen and oxygen atoms in total. The van der Waals surface area contributed by atoms with Gasteiger partial charge >= 0.3 is 5.97 Å². The first-order valence-corrected chi connectivity index (χ1v) is 8.07. The monoisotopic (exact) mass is 309 g/mol. The third kappa shape index (κ3) is 3.89. The minimum Gasteiger partial charge on any atom is -0.478 e. The molecule has 0 unspecified atom stereocenters. The van der Waals surface area contributed by atoms with E-state index >= 15 is 0 Å². The zero-order valence-electron chi connectivity index (χ0n) is 11.3. The summed E-state index contributed by atoms with van der Waals surface area (Å²) in [6.07, 6.45) is 2.37. The zero-order valence-corrected chi connectivity index (χ0v) is 12.1. The average molecular weight is 309 g/mol. The van der Waals surface area contributed by atoms with Gasteiger partial charge in [0.2, 0.25) is 10.0 Å². The van der Waals surface area contributed by atoms with Gasteiger partial charge in [-0.1, -0.05) is 24.3 Å². The maximum Gasteiger partial charge on any atom is 0.337 e. The lowest BCUT2D eigenvalue weighted by atomic mass is 10.1. The molecule has 0 atom stereocenters. The highest BCUT2D eigenvalue weighted by molar-refractivity contribution is 7.88. The van der Waals surface area contributed by atoms with Crippen LogP contribution in [0.1, 0.15) is 10.4 Å². The number of nitrogens with one attached hydrogen (secondary N) is 2. The molecule has 0 aliphatic carbocycles. The summed E-state index contributed by atoms with van der Waals surface area (Å²) in [6.45, 7) is 0.562. The van der Waals surface area contributed by atoms with E-state index in [4.69, 9.17) is 5.11 Å². The topological polar surface area (TPSA) is 108 Å². The van der Waals surface area contributed by atoms with Crippen molar-refractivity contribution >= 4 is 32.6 Å². The predicted octanol–water partition coefficient (Wildman–Crippen LogP) is 0.894. The standard InChI is InChI=1S/C13H15N3O4S/c1-21(19,20)16-7-6-14-12-10-5-3-2-4-9(10)11(8-15-12)13(17)18/h2-5,8,16H,6-7H2,1H3,(H,14,15)(H,17,18). The summed E-state index contributed by atoms with van der Waals surface area (Å²) in [7, 11) is -3.23. The maximum absolute atomic E-state index is 11.2. The SMILES string of the molecule is CS(=O)(=O)NCCNc1ncc(C(=O)O)c2ccccc12. The molecule has 3 N–H and O–H groups in total. The van der Waals surface area contributed by atoms with Gasteiger partial charge in [-0.05, 0) is 0 Å². The summed E-state index contributed by atoms with van der Waals surface area (Å²) < 4.78 is 24.3. The van der Waals surface area contributed by atoms with Crippen LogP contribution in [0.3, 0.4) is 0 Å². The molecule has 0 saturated carbocycles. The highest BCUT2D eigenvalue weighted by Gasteiger charge is 2.11. The van der Waals surface area contributed by atoms with Gasteiger partial charge in [0, 0.05) is 30.1 Å². The summed E-state index contributed by atoms with van der Waals surface area (Å²) in [6, 6.07) is 7.01. The lowest BCUT2D eigenvalue weighted by molar-refractivity contribution is 0.0698. The first kappa shape index (κ1) is 15.2. The first-order chi connectivity index (χ1) is 9.88. The fourth-order valence-electron chi connectivity index (χ4n) is 1.92. The molecule has 0 fully saturated rings. The summed E-state index contributed by atoms with van der Waals surface area (Å²) in [5.74, 6) is -0.519. The Kier molecular flexibility index (Phi) is 4.39. The fraction of sp³-hybridized carbons (Fsp3) is 0.231. The minimum absolute atomic E-state index is 0.130. The number of fused-ring (bicyclic) bond motifs is 1. The Labute approximate surface area is 122 Å². The number of nitrogens with zero attached hydrogens (tertiary/aromatic N) is 1. The van der Waals surface area contributed by atoms with Crippen molar-refractivity contribution in [1.29, 1.82) is 0 Å². The molecule has 0 aliphatic heterocycles. The van der Waals surface area contributed by atoms with E-state index in [1.165, 1.54) is 6.20 Å². The van der Waals surface area contributed by atoms with Gasteiger partial charge in [0.25, 0.3) is 0 Å². The van der Waals surface area contributed by atoms with Crippen LogP contribution < -0.4 is 10.0 Å². The third-order valence-corrected chi connectivity index (χ3v) is 3.54. The number of rotatable bonds is 6. The normalized spacial score (nSPS) is 11.5. The summed E-state index contributed by atoms with van der Waals surface area (Å²) in [5, 5.41) is 13.4. The van der Waals surface area contributed by atoms with Crippen molar-refractivity contribution in [2.75, 3.05) is 24.7 Å². The molecule has 0 aliphatic rings. The molecule has 0 bridgehead atoms. The van der Waals surface area contributed by atoms with Gasteiger partial charge in [-0.2, -0.15) is 0 Å². The van der Waals surface area contributed by atoms with Gasteiger partial charge in [0.15, 0.2) is 0 Å². The van der Waals surface area contributed by atoms with Crippen LogP contribution in [-0.2, 0) is 10.0 Å². The van der Waals surface area contributed by atoms with Crippen LogP contribution in [-0.4, -0.2) is 43.8 Å². The van der Waals surface area contributed by atoms with E-state index in [0.29, 0.717) is 23.1 Å². The van der Waals surface area contributed by atoms with E-state index in [1.54, 1.807) is 24.3 Å². The van der Waals surface area contributed by atoms with Crippen molar-refractivity contribution < 1.29 is 18.3 Å². The fourth-order valence-corrected chi connectivity index (χ4v) is 2.39. The van der Waals surface area contributed by atoms with Crippen molar-refractivity contribution in [2.24, 2.45) is 0 Å². The number of carbonyl (C=O) groups is 1. The van der Waals surface area contributed by atoms with Gasteiger partial charge < -0.3 is 10.4 Å². The lowest BCUT2D eigenvalue weighted by Crippen LogP contribution is -2.27.